The number of hydrogen-bond donors (Lipinski definition) is 1. The zero-order valence-electron chi connectivity index (χ0n) is 14.1. The number of rotatable bonds is 4. The second kappa shape index (κ2) is 6.54. The SMILES string of the molecule is Cc1cc(S(=O)(=O)[C@H]2CS(=O)(=O)C[C@@H]2NC2CCS(=O)(=O)C2)ccc1F. The Bertz CT molecular complexity index is 1030. The summed E-state index contributed by atoms with van der Waals surface area (Å²) in [5.74, 6) is -1.59. The summed E-state index contributed by atoms with van der Waals surface area (Å²) in [5, 5.41) is 1.69. The van der Waals surface area contributed by atoms with Crippen molar-refractivity contribution >= 4 is 29.5 Å². The van der Waals surface area contributed by atoms with Gasteiger partial charge >= 0.3 is 0 Å². The molecule has 0 saturated carbocycles. The Morgan fingerprint density at radius 3 is 2.35 bits per heavy atom. The van der Waals surface area contributed by atoms with E-state index in [1.54, 1.807) is 0 Å². The minimum Gasteiger partial charge on any atom is -0.308 e. The molecule has 2 saturated heterocycles. The Balaban J connectivity index is 1.91. The summed E-state index contributed by atoms with van der Waals surface area (Å²) in [6.45, 7) is 1.43. The average molecular weight is 426 g/mol. The van der Waals surface area contributed by atoms with Gasteiger partial charge in [0, 0.05) is 12.1 Å². The van der Waals surface area contributed by atoms with Crippen LogP contribution in [0, 0.1) is 12.7 Å². The molecule has 1 unspecified atom stereocenters. The molecule has 1 aromatic rings. The van der Waals surface area contributed by atoms with Crippen molar-refractivity contribution in [3.05, 3.63) is 29.6 Å². The van der Waals surface area contributed by atoms with Gasteiger partial charge in [0.05, 0.1) is 33.2 Å². The van der Waals surface area contributed by atoms with E-state index in [4.69, 9.17) is 0 Å². The molecule has 0 aromatic heterocycles. The average Bonchev–Trinajstić information content (AvgIpc) is 3.01. The maximum atomic E-state index is 13.4. The van der Waals surface area contributed by atoms with Crippen molar-refractivity contribution in [2.45, 2.75) is 35.6 Å². The first kappa shape index (κ1) is 19.7. The Kier molecular flexibility index (Phi) is 4.96. The van der Waals surface area contributed by atoms with Crippen molar-refractivity contribution in [1.82, 2.24) is 5.32 Å². The number of aryl methyl sites for hydroxylation is 1. The molecule has 146 valence electrons. The third kappa shape index (κ3) is 3.95. The topological polar surface area (TPSA) is 114 Å². The smallest absolute Gasteiger partial charge is 0.183 e. The predicted molar refractivity (Wildman–Crippen MR) is 94.7 cm³/mol. The van der Waals surface area contributed by atoms with E-state index in [0.717, 1.165) is 12.1 Å². The van der Waals surface area contributed by atoms with E-state index >= 15 is 0 Å². The highest BCUT2D eigenvalue weighted by Crippen LogP contribution is 2.28. The summed E-state index contributed by atoms with van der Waals surface area (Å²) in [7, 11) is -10.8. The van der Waals surface area contributed by atoms with Crippen molar-refractivity contribution < 1.29 is 29.6 Å². The van der Waals surface area contributed by atoms with E-state index in [1.807, 2.05) is 0 Å². The van der Waals surface area contributed by atoms with Gasteiger partial charge in [0.25, 0.3) is 0 Å². The molecule has 2 heterocycles. The van der Waals surface area contributed by atoms with Gasteiger partial charge in [-0.3, -0.25) is 0 Å². The van der Waals surface area contributed by atoms with Crippen LogP contribution in [0.4, 0.5) is 4.39 Å². The Labute approximate surface area is 152 Å². The summed E-state index contributed by atoms with van der Waals surface area (Å²) in [6, 6.07) is 1.99. The minimum absolute atomic E-state index is 0.00128. The second-order valence-corrected chi connectivity index (χ2v) is 13.5. The van der Waals surface area contributed by atoms with E-state index in [2.05, 4.69) is 5.32 Å². The highest BCUT2D eigenvalue weighted by molar-refractivity contribution is 7.96. The fourth-order valence-electron chi connectivity index (χ4n) is 3.47. The van der Waals surface area contributed by atoms with Crippen LogP contribution in [-0.4, -0.2) is 65.6 Å². The molecule has 0 radical (unpaired) electrons. The molecule has 0 spiro atoms. The van der Waals surface area contributed by atoms with Gasteiger partial charge in [-0.25, -0.2) is 29.6 Å². The largest absolute Gasteiger partial charge is 0.308 e. The lowest BCUT2D eigenvalue weighted by Gasteiger charge is -2.23. The van der Waals surface area contributed by atoms with Crippen molar-refractivity contribution in [2.75, 3.05) is 23.0 Å². The molecule has 2 aliphatic rings. The van der Waals surface area contributed by atoms with E-state index in [1.165, 1.54) is 13.0 Å². The maximum absolute atomic E-state index is 13.4. The van der Waals surface area contributed by atoms with Crippen LogP contribution < -0.4 is 5.32 Å². The Hall–Kier alpha value is -1.04. The van der Waals surface area contributed by atoms with Gasteiger partial charge in [-0.05, 0) is 37.1 Å². The molecular weight excluding hydrogens is 405 g/mol. The van der Waals surface area contributed by atoms with Gasteiger partial charge in [-0.15, -0.1) is 0 Å². The summed E-state index contributed by atoms with van der Waals surface area (Å²) in [6.07, 6.45) is 0.321. The highest BCUT2D eigenvalue weighted by Gasteiger charge is 2.47. The fourth-order valence-corrected chi connectivity index (χ4v) is 9.92. The lowest BCUT2D eigenvalue weighted by atomic mass is 10.2. The highest BCUT2D eigenvalue weighted by atomic mass is 32.2. The number of sulfone groups is 3. The number of benzene rings is 1. The number of halogens is 1. The lowest BCUT2D eigenvalue weighted by Crippen LogP contribution is -2.48. The van der Waals surface area contributed by atoms with Crippen LogP contribution >= 0.6 is 0 Å². The summed E-state index contributed by atoms with van der Waals surface area (Å²) in [4.78, 5) is -0.135. The van der Waals surface area contributed by atoms with Crippen molar-refractivity contribution in [2.24, 2.45) is 0 Å². The first-order valence-corrected chi connectivity index (χ1v) is 13.3. The first-order valence-electron chi connectivity index (χ1n) is 8.07. The van der Waals surface area contributed by atoms with Crippen LogP contribution in [0.5, 0.6) is 0 Å². The number of hydrogen-bond acceptors (Lipinski definition) is 7. The molecule has 0 amide bonds. The molecular formula is C15H20FNO6S3. The Morgan fingerprint density at radius 2 is 1.77 bits per heavy atom. The second-order valence-electron chi connectivity index (χ2n) is 6.94. The van der Waals surface area contributed by atoms with Crippen LogP contribution in [0.2, 0.25) is 0 Å². The minimum atomic E-state index is -4.03. The standard InChI is InChI=1S/C15H20FNO6S3/c1-10-6-12(2-3-13(10)16)26(22,23)15-9-25(20,21)8-14(15)17-11-4-5-24(18,19)7-11/h2-3,6,11,14-15,17H,4-5,7-9H2,1H3/t11?,14-,15-/m0/s1. The molecule has 7 nitrogen and oxygen atoms in total. The van der Waals surface area contributed by atoms with Crippen LogP contribution in [0.3, 0.4) is 0 Å². The van der Waals surface area contributed by atoms with E-state index in [-0.39, 0.29) is 27.7 Å². The van der Waals surface area contributed by atoms with Crippen molar-refractivity contribution in [3.63, 3.8) is 0 Å². The quantitative estimate of drug-likeness (QED) is 0.667. The molecule has 2 fully saturated rings. The fraction of sp³-hybridized carbons (Fsp3) is 0.600. The lowest BCUT2D eigenvalue weighted by molar-refractivity contribution is 0.468. The van der Waals surface area contributed by atoms with Crippen molar-refractivity contribution in [1.29, 1.82) is 0 Å². The molecule has 26 heavy (non-hydrogen) atoms. The summed E-state index contributed by atoms with van der Waals surface area (Å²) < 4.78 is 86.7. The first-order chi connectivity index (χ1) is 11.9. The molecule has 3 atom stereocenters. The molecule has 11 heteroatoms. The van der Waals surface area contributed by atoms with Gasteiger partial charge in [-0.2, -0.15) is 0 Å². The molecule has 0 aliphatic carbocycles. The molecule has 1 N–H and O–H groups in total. The Morgan fingerprint density at radius 1 is 1.08 bits per heavy atom. The predicted octanol–water partition coefficient (Wildman–Crippen LogP) is -0.150. The van der Waals surface area contributed by atoms with Gasteiger partial charge in [0.15, 0.2) is 29.5 Å². The van der Waals surface area contributed by atoms with Gasteiger partial charge in [-0.1, -0.05) is 0 Å². The zero-order valence-corrected chi connectivity index (χ0v) is 16.5. The van der Waals surface area contributed by atoms with E-state index in [9.17, 15) is 29.6 Å². The normalized spacial score (nSPS) is 30.5. The molecule has 3 rings (SSSR count). The van der Waals surface area contributed by atoms with Crippen LogP contribution in [0.1, 0.15) is 12.0 Å². The van der Waals surface area contributed by atoms with E-state index < -0.39 is 58.4 Å². The third-order valence-electron chi connectivity index (χ3n) is 4.84. The van der Waals surface area contributed by atoms with Gasteiger partial charge in [0.2, 0.25) is 0 Å². The molecule has 1 aromatic carbocycles. The molecule has 0 bridgehead atoms. The summed E-state index contributed by atoms with van der Waals surface area (Å²) in [5.41, 5.74) is 0.151. The van der Waals surface area contributed by atoms with Gasteiger partial charge in [0.1, 0.15) is 5.82 Å². The third-order valence-corrected chi connectivity index (χ3v) is 10.8. The summed E-state index contributed by atoms with van der Waals surface area (Å²) >= 11 is 0. The zero-order chi connectivity index (χ0) is 19.3. The van der Waals surface area contributed by atoms with Crippen LogP contribution in [-0.2, 0) is 29.5 Å². The van der Waals surface area contributed by atoms with Gasteiger partial charge < -0.3 is 5.32 Å². The van der Waals surface area contributed by atoms with Crippen LogP contribution in [0.15, 0.2) is 23.1 Å². The number of nitrogens with one attached hydrogen (secondary N) is 1. The monoisotopic (exact) mass is 425 g/mol. The van der Waals surface area contributed by atoms with Crippen LogP contribution in [0.25, 0.3) is 0 Å². The molecule has 2 aliphatic heterocycles. The van der Waals surface area contributed by atoms with Crippen molar-refractivity contribution in [3.8, 4) is 0 Å². The maximum Gasteiger partial charge on any atom is 0.183 e. The van der Waals surface area contributed by atoms with E-state index in [0.29, 0.717) is 6.42 Å².